The minimum absolute atomic E-state index is 0.0175. The lowest BCUT2D eigenvalue weighted by Gasteiger charge is -2.14. The minimum Gasteiger partial charge on any atom is -0.408 e. The molecule has 0 aromatic carbocycles. The molecule has 88 valence electrons. The zero-order valence-corrected chi connectivity index (χ0v) is 8.98. The van der Waals surface area contributed by atoms with Crippen molar-refractivity contribution >= 4 is 11.9 Å². The molecule has 1 aromatic rings. The lowest BCUT2D eigenvalue weighted by molar-refractivity contribution is -0.119. The molecule has 7 nitrogen and oxygen atoms in total. The molecule has 1 fully saturated rings. The van der Waals surface area contributed by atoms with Gasteiger partial charge in [0.2, 0.25) is 11.8 Å². The van der Waals surface area contributed by atoms with E-state index in [9.17, 15) is 4.79 Å². The fourth-order valence-corrected chi connectivity index (χ4v) is 1.57. The summed E-state index contributed by atoms with van der Waals surface area (Å²) in [5.41, 5.74) is 5.39. The van der Waals surface area contributed by atoms with E-state index in [2.05, 4.69) is 15.5 Å². The highest BCUT2D eigenvalue weighted by Gasteiger charge is 2.19. The van der Waals surface area contributed by atoms with E-state index in [1.165, 1.54) is 0 Å². The number of aromatic nitrogens is 2. The highest BCUT2D eigenvalue weighted by molar-refractivity contribution is 5.80. The van der Waals surface area contributed by atoms with E-state index in [-0.39, 0.29) is 12.5 Å². The third kappa shape index (κ3) is 2.48. The molecule has 1 saturated heterocycles. The number of nitrogens with one attached hydrogen (secondary N) is 1. The van der Waals surface area contributed by atoms with Gasteiger partial charge in [-0.05, 0) is 6.42 Å². The summed E-state index contributed by atoms with van der Waals surface area (Å²) in [6.45, 7) is 2.18. The van der Waals surface area contributed by atoms with E-state index in [1.54, 1.807) is 4.90 Å². The molecule has 0 radical (unpaired) electrons. The van der Waals surface area contributed by atoms with E-state index >= 15 is 0 Å². The maximum absolute atomic E-state index is 11.3. The van der Waals surface area contributed by atoms with Crippen LogP contribution in [0.15, 0.2) is 4.42 Å². The maximum Gasteiger partial charge on any atom is 0.318 e. The summed E-state index contributed by atoms with van der Waals surface area (Å²) in [6, 6.07) is 0.403. The Bertz CT molecular complexity index is 365. The molecule has 0 saturated carbocycles. The van der Waals surface area contributed by atoms with Crippen molar-refractivity contribution in [3.63, 3.8) is 0 Å². The number of hydrogen-bond donors (Lipinski definition) is 2. The summed E-state index contributed by atoms with van der Waals surface area (Å²) in [4.78, 5) is 13.1. The Hall–Kier alpha value is -1.63. The van der Waals surface area contributed by atoms with Crippen LogP contribution in [-0.4, -0.2) is 42.3 Å². The molecule has 0 unspecified atom stereocenters. The van der Waals surface area contributed by atoms with Crippen molar-refractivity contribution in [2.45, 2.75) is 12.8 Å². The van der Waals surface area contributed by atoms with Gasteiger partial charge in [0, 0.05) is 26.1 Å². The molecule has 1 aromatic heterocycles. The van der Waals surface area contributed by atoms with Crippen molar-refractivity contribution in [1.29, 1.82) is 0 Å². The maximum atomic E-state index is 11.3. The monoisotopic (exact) mass is 225 g/mol. The normalized spacial score (nSPS) is 17.1. The quantitative estimate of drug-likeness (QED) is 0.677. The van der Waals surface area contributed by atoms with E-state index in [1.807, 2.05) is 0 Å². The molecule has 1 aliphatic rings. The van der Waals surface area contributed by atoms with Crippen molar-refractivity contribution in [2.24, 2.45) is 5.73 Å². The number of rotatable bonds is 3. The fourth-order valence-electron chi connectivity index (χ4n) is 1.57. The molecular weight excluding hydrogens is 210 g/mol. The Morgan fingerprint density at radius 1 is 1.50 bits per heavy atom. The largest absolute Gasteiger partial charge is 0.408 e. The summed E-state index contributed by atoms with van der Waals surface area (Å²) in [5.74, 6) is 0.498. The van der Waals surface area contributed by atoms with Gasteiger partial charge in [-0.1, -0.05) is 5.10 Å². The SMILES string of the molecule is NCCc1nnc(N2CCCNC(=O)C2)o1. The summed E-state index contributed by atoms with van der Waals surface area (Å²) >= 11 is 0. The molecule has 3 N–H and O–H groups in total. The van der Waals surface area contributed by atoms with Crippen molar-refractivity contribution < 1.29 is 9.21 Å². The van der Waals surface area contributed by atoms with Crippen molar-refractivity contribution in [1.82, 2.24) is 15.5 Å². The summed E-state index contributed by atoms with van der Waals surface area (Å²) < 4.78 is 5.41. The first-order chi connectivity index (χ1) is 7.79. The van der Waals surface area contributed by atoms with E-state index in [0.717, 1.165) is 13.0 Å². The molecule has 0 atom stereocenters. The van der Waals surface area contributed by atoms with Gasteiger partial charge in [-0.3, -0.25) is 4.79 Å². The summed E-state index contributed by atoms with van der Waals surface area (Å²) in [5, 5.41) is 10.6. The number of nitrogens with two attached hydrogens (primary N) is 1. The topological polar surface area (TPSA) is 97.3 Å². The van der Waals surface area contributed by atoms with Crippen LogP contribution in [0, 0.1) is 0 Å². The molecule has 1 amide bonds. The van der Waals surface area contributed by atoms with E-state index in [0.29, 0.717) is 31.4 Å². The Kier molecular flexibility index (Phi) is 3.35. The number of anilines is 1. The van der Waals surface area contributed by atoms with Crippen molar-refractivity contribution in [3.05, 3.63) is 5.89 Å². The van der Waals surface area contributed by atoms with Crippen LogP contribution in [0.25, 0.3) is 0 Å². The molecule has 0 aliphatic carbocycles. The van der Waals surface area contributed by atoms with Crippen LogP contribution in [-0.2, 0) is 11.2 Å². The van der Waals surface area contributed by atoms with E-state index < -0.39 is 0 Å². The number of carbonyl (C=O) groups excluding carboxylic acids is 1. The number of amides is 1. The summed E-state index contributed by atoms with van der Waals surface area (Å²) in [7, 11) is 0. The highest BCUT2D eigenvalue weighted by atomic mass is 16.4. The van der Waals surface area contributed by atoms with Gasteiger partial charge in [0.25, 0.3) is 0 Å². The van der Waals surface area contributed by atoms with Gasteiger partial charge in [0.05, 0.1) is 0 Å². The summed E-state index contributed by atoms with van der Waals surface area (Å²) in [6.07, 6.45) is 1.44. The van der Waals surface area contributed by atoms with E-state index in [4.69, 9.17) is 10.2 Å². The van der Waals surface area contributed by atoms with Gasteiger partial charge >= 0.3 is 6.01 Å². The van der Waals surface area contributed by atoms with Crippen LogP contribution in [0.4, 0.5) is 6.01 Å². The predicted molar refractivity (Wildman–Crippen MR) is 56.9 cm³/mol. The molecule has 16 heavy (non-hydrogen) atoms. The average Bonchev–Trinajstić information content (AvgIpc) is 2.61. The minimum atomic E-state index is -0.0175. The van der Waals surface area contributed by atoms with Crippen LogP contribution < -0.4 is 16.0 Å². The zero-order valence-electron chi connectivity index (χ0n) is 8.98. The second-order valence-corrected chi connectivity index (χ2v) is 3.64. The Labute approximate surface area is 93.0 Å². The fraction of sp³-hybridized carbons (Fsp3) is 0.667. The number of carbonyl (C=O) groups is 1. The van der Waals surface area contributed by atoms with Crippen LogP contribution in [0.2, 0.25) is 0 Å². The molecule has 7 heteroatoms. The van der Waals surface area contributed by atoms with Crippen LogP contribution in [0.3, 0.4) is 0 Å². The third-order valence-corrected chi connectivity index (χ3v) is 2.35. The van der Waals surface area contributed by atoms with Crippen molar-refractivity contribution in [2.75, 3.05) is 31.1 Å². The Morgan fingerprint density at radius 2 is 2.38 bits per heavy atom. The highest BCUT2D eigenvalue weighted by Crippen LogP contribution is 2.13. The lowest BCUT2D eigenvalue weighted by atomic mass is 10.4. The average molecular weight is 225 g/mol. The molecule has 1 aliphatic heterocycles. The predicted octanol–water partition coefficient (Wildman–Crippen LogP) is -1.10. The number of nitrogens with zero attached hydrogens (tertiary/aromatic N) is 3. The first-order valence-electron chi connectivity index (χ1n) is 5.33. The Balaban J connectivity index is 2.06. The Morgan fingerprint density at radius 3 is 3.19 bits per heavy atom. The molecular formula is C9H15N5O2. The molecule has 2 heterocycles. The molecule has 0 spiro atoms. The van der Waals surface area contributed by atoms with Gasteiger partial charge in [-0.2, -0.15) is 0 Å². The van der Waals surface area contributed by atoms with Crippen molar-refractivity contribution in [3.8, 4) is 0 Å². The molecule has 2 rings (SSSR count). The van der Waals surface area contributed by atoms with Gasteiger partial charge in [-0.25, -0.2) is 0 Å². The second-order valence-electron chi connectivity index (χ2n) is 3.64. The second kappa shape index (κ2) is 4.93. The third-order valence-electron chi connectivity index (χ3n) is 2.35. The van der Waals surface area contributed by atoms with Gasteiger partial charge < -0.3 is 20.4 Å². The van der Waals surface area contributed by atoms with Gasteiger partial charge in [0.15, 0.2) is 0 Å². The van der Waals surface area contributed by atoms with Gasteiger partial charge in [-0.15, -0.1) is 5.10 Å². The zero-order chi connectivity index (χ0) is 11.4. The smallest absolute Gasteiger partial charge is 0.318 e. The first-order valence-corrected chi connectivity index (χ1v) is 5.33. The first kappa shape index (κ1) is 10.9. The van der Waals surface area contributed by atoms with Crippen LogP contribution in [0.5, 0.6) is 0 Å². The lowest BCUT2D eigenvalue weighted by Crippen LogP contribution is -2.33. The molecule has 0 bridgehead atoms. The van der Waals surface area contributed by atoms with Crippen LogP contribution >= 0.6 is 0 Å². The number of hydrogen-bond acceptors (Lipinski definition) is 6. The standard InChI is InChI=1S/C9H15N5O2/c10-3-2-8-12-13-9(16-8)14-5-1-4-11-7(15)6-14/h1-6,10H2,(H,11,15). The van der Waals surface area contributed by atoms with Gasteiger partial charge in [0.1, 0.15) is 6.54 Å². The van der Waals surface area contributed by atoms with Crippen LogP contribution in [0.1, 0.15) is 12.3 Å².